The molecule has 0 spiro atoms. The van der Waals surface area contributed by atoms with Crippen LogP contribution in [0.3, 0.4) is 0 Å². The number of ketones is 1. The van der Waals surface area contributed by atoms with E-state index in [4.69, 9.17) is 0 Å². The molecule has 4 heteroatoms. The van der Waals surface area contributed by atoms with Gasteiger partial charge in [-0.1, -0.05) is 18.2 Å². The monoisotopic (exact) mass is 258 g/mol. The molecule has 2 rings (SSSR count). The van der Waals surface area contributed by atoms with Crippen molar-refractivity contribution < 1.29 is 4.79 Å². The highest BCUT2D eigenvalue weighted by Gasteiger charge is 2.09. The van der Waals surface area contributed by atoms with Gasteiger partial charge < -0.3 is 0 Å². The smallest absolute Gasteiger partial charge is 0.192 e. The van der Waals surface area contributed by atoms with Gasteiger partial charge in [-0.25, -0.2) is 9.97 Å². The van der Waals surface area contributed by atoms with Crippen LogP contribution in [0.2, 0.25) is 0 Å². The molecule has 18 heavy (non-hydrogen) atoms. The van der Waals surface area contributed by atoms with Crippen LogP contribution in [0.25, 0.3) is 0 Å². The first kappa shape index (κ1) is 12.8. The van der Waals surface area contributed by atoms with Gasteiger partial charge in [-0.2, -0.15) is 0 Å². The molecule has 0 bridgehead atoms. The lowest BCUT2D eigenvalue weighted by Gasteiger charge is -2.06. The number of nitrogens with zero attached hydrogens (tertiary/aromatic N) is 2. The van der Waals surface area contributed by atoms with Gasteiger partial charge in [-0.15, -0.1) is 0 Å². The molecule has 92 valence electrons. The lowest BCUT2D eigenvalue weighted by Crippen LogP contribution is -1.97. The van der Waals surface area contributed by atoms with Gasteiger partial charge in [0.15, 0.2) is 10.9 Å². The second-order valence-corrected chi connectivity index (χ2v) is 5.10. The molecule has 0 aliphatic heterocycles. The first-order valence-corrected chi connectivity index (χ1v) is 6.48. The molecule has 0 N–H and O–H groups in total. The van der Waals surface area contributed by atoms with E-state index in [0.29, 0.717) is 10.7 Å². The Morgan fingerprint density at radius 1 is 1.11 bits per heavy atom. The average molecular weight is 258 g/mol. The van der Waals surface area contributed by atoms with Crippen LogP contribution in [-0.2, 0) is 0 Å². The van der Waals surface area contributed by atoms with Crippen LogP contribution in [0.15, 0.2) is 40.4 Å². The van der Waals surface area contributed by atoms with E-state index in [0.717, 1.165) is 16.3 Å². The van der Waals surface area contributed by atoms with E-state index in [1.54, 1.807) is 6.92 Å². The summed E-state index contributed by atoms with van der Waals surface area (Å²) in [5.74, 6) is 0.0578. The number of rotatable bonds is 3. The molecule has 0 atom stereocenters. The van der Waals surface area contributed by atoms with Crippen molar-refractivity contribution in [1.29, 1.82) is 0 Å². The van der Waals surface area contributed by atoms with Crippen molar-refractivity contribution >= 4 is 17.5 Å². The zero-order valence-electron chi connectivity index (χ0n) is 10.6. The highest BCUT2D eigenvalue weighted by molar-refractivity contribution is 7.99. The van der Waals surface area contributed by atoms with Gasteiger partial charge >= 0.3 is 0 Å². The maximum Gasteiger partial charge on any atom is 0.192 e. The van der Waals surface area contributed by atoms with Crippen LogP contribution >= 0.6 is 11.8 Å². The van der Waals surface area contributed by atoms with Gasteiger partial charge in [0.2, 0.25) is 0 Å². The Balaban J connectivity index is 2.37. The minimum Gasteiger partial charge on any atom is -0.294 e. The quantitative estimate of drug-likeness (QED) is 0.624. The summed E-state index contributed by atoms with van der Waals surface area (Å²) in [5, 5.41) is 0.682. The fraction of sp³-hybridized carbons (Fsp3) is 0.214. The summed E-state index contributed by atoms with van der Waals surface area (Å²) < 4.78 is 0. The summed E-state index contributed by atoms with van der Waals surface area (Å²) in [6, 6.07) is 9.46. The van der Waals surface area contributed by atoms with E-state index in [1.165, 1.54) is 11.8 Å². The van der Waals surface area contributed by atoms with Crippen molar-refractivity contribution in [3.8, 4) is 0 Å². The maximum atomic E-state index is 11.5. The Kier molecular flexibility index (Phi) is 3.77. The van der Waals surface area contributed by atoms with Crippen LogP contribution < -0.4 is 0 Å². The van der Waals surface area contributed by atoms with E-state index in [2.05, 4.69) is 9.97 Å². The molecule has 0 unspecified atom stereocenters. The molecule has 0 amide bonds. The molecule has 0 saturated carbocycles. The van der Waals surface area contributed by atoms with Crippen molar-refractivity contribution in [3.05, 3.63) is 47.3 Å². The summed E-state index contributed by atoms with van der Waals surface area (Å²) in [5.41, 5.74) is 2.58. The molecule has 1 heterocycles. The molecule has 1 aromatic heterocycles. The van der Waals surface area contributed by atoms with Crippen molar-refractivity contribution in [1.82, 2.24) is 9.97 Å². The molecule has 0 saturated heterocycles. The molecular formula is C14H14N2OS. The van der Waals surface area contributed by atoms with E-state index >= 15 is 0 Å². The zero-order chi connectivity index (χ0) is 13.1. The fourth-order valence-electron chi connectivity index (χ4n) is 1.68. The van der Waals surface area contributed by atoms with Gasteiger partial charge in [0.25, 0.3) is 0 Å². The molecule has 0 aliphatic rings. The molecule has 0 radical (unpaired) electrons. The number of hydrogen-bond acceptors (Lipinski definition) is 4. The van der Waals surface area contributed by atoms with Crippen LogP contribution in [0.1, 0.15) is 28.7 Å². The number of hydrogen-bond donors (Lipinski definition) is 0. The van der Waals surface area contributed by atoms with Crippen LogP contribution in [0.4, 0.5) is 0 Å². The van der Waals surface area contributed by atoms with Gasteiger partial charge in [-0.05, 0) is 44.7 Å². The number of benzene rings is 1. The second-order valence-electron chi connectivity index (χ2n) is 4.09. The van der Waals surface area contributed by atoms with E-state index in [-0.39, 0.29) is 5.78 Å². The lowest BCUT2D eigenvalue weighted by molar-refractivity contribution is 0.101. The maximum absolute atomic E-state index is 11.5. The predicted octanol–water partition coefficient (Wildman–Crippen LogP) is 3.45. The first-order valence-electron chi connectivity index (χ1n) is 5.66. The predicted molar refractivity (Wildman–Crippen MR) is 72.1 cm³/mol. The summed E-state index contributed by atoms with van der Waals surface area (Å²) in [4.78, 5) is 21.2. The topological polar surface area (TPSA) is 42.9 Å². The van der Waals surface area contributed by atoms with Gasteiger partial charge in [-0.3, -0.25) is 4.79 Å². The number of aryl methyl sites for hydroxylation is 2. The van der Waals surface area contributed by atoms with Crippen LogP contribution in [0.5, 0.6) is 0 Å². The number of Topliss-reactive ketones (excluding diaryl/α,β-unsaturated/α-hetero) is 1. The third-order valence-corrected chi connectivity index (χ3v) is 3.37. The minimum absolute atomic E-state index is 0.0578. The largest absolute Gasteiger partial charge is 0.294 e. The standard InChI is InChI=1S/C14H14N2OS/c1-9-8-10(2)16-14(15-9)18-13-7-5-4-6-12(13)11(3)17/h4-8H,1-3H3. The van der Waals surface area contributed by atoms with E-state index in [9.17, 15) is 4.79 Å². The average Bonchev–Trinajstić information content (AvgIpc) is 2.27. The van der Waals surface area contributed by atoms with Crippen molar-refractivity contribution in [3.63, 3.8) is 0 Å². The van der Waals surface area contributed by atoms with Crippen molar-refractivity contribution in [2.45, 2.75) is 30.8 Å². The van der Waals surface area contributed by atoms with E-state index < -0.39 is 0 Å². The molecule has 0 aliphatic carbocycles. The number of carbonyl (C=O) groups excluding carboxylic acids is 1. The summed E-state index contributed by atoms with van der Waals surface area (Å²) in [7, 11) is 0. The summed E-state index contributed by atoms with van der Waals surface area (Å²) in [6.07, 6.45) is 0. The van der Waals surface area contributed by atoms with Gasteiger partial charge in [0, 0.05) is 21.8 Å². The van der Waals surface area contributed by atoms with Crippen LogP contribution in [0, 0.1) is 13.8 Å². The zero-order valence-corrected chi connectivity index (χ0v) is 11.4. The summed E-state index contributed by atoms with van der Waals surface area (Å²) in [6.45, 7) is 5.45. The molecule has 2 aromatic rings. The van der Waals surface area contributed by atoms with Crippen molar-refractivity contribution in [2.24, 2.45) is 0 Å². The van der Waals surface area contributed by atoms with Crippen LogP contribution in [-0.4, -0.2) is 15.8 Å². The molecule has 1 aromatic carbocycles. The molecule has 3 nitrogen and oxygen atoms in total. The van der Waals surface area contributed by atoms with Gasteiger partial charge in [0.1, 0.15) is 0 Å². The third kappa shape index (κ3) is 2.96. The highest BCUT2D eigenvalue weighted by Crippen LogP contribution is 2.28. The Bertz CT molecular complexity index is 576. The Hall–Kier alpha value is -1.68. The normalized spacial score (nSPS) is 10.4. The third-order valence-electron chi connectivity index (χ3n) is 2.43. The minimum atomic E-state index is 0.0578. The Morgan fingerprint density at radius 3 is 2.33 bits per heavy atom. The Labute approximate surface area is 111 Å². The summed E-state index contributed by atoms with van der Waals surface area (Å²) >= 11 is 1.43. The van der Waals surface area contributed by atoms with E-state index in [1.807, 2.05) is 44.2 Å². The lowest BCUT2D eigenvalue weighted by atomic mass is 10.1. The SMILES string of the molecule is CC(=O)c1ccccc1Sc1nc(C)cc(C)n1. The van der Waals surface area contributed by atoms with Crippen molar-refractivity contribution in [2.75, 3.05) is 0 Å². The fourth-order valence-corrected chi connectivity index (χ4v) is 2.73. The first-order chi connectivity index (χ1) is 8.56. The number of carbonyl (C=O) groups is 1. The second kappa shape index (κ2) is 5.31. The number of aromatic nitrogens is 2. The Morgan fingerprint density at radius 2 is 1.72 bits per heavy atom. The highest BCUT2D eigenvalue weighted by atomic mass is 32.2. The molecular weight excluding hydrogens is 244 g/mol. The van der Waals surface area contributed by atoms with Gasteiger partial charge in [0.05, 0.1) is 0 Å². The molecule has 0 fully saturated rings.